The maximum Gasteiger partial charge on any atom is 0.233 e. The van der Waals surface area contributed by atoms with Crippen LogP contribution in [0.15, 0.2) is 5.16 Å². The minimum atomic E-state index is -0.503. The zero-order valence-corrected chi connectivity index (χ0v) is 9.03. The molecule has 0 aliphatic heterocycles. The fraction of sp³-hybridized carbons (Fsp3) is 0.778. The lowest BCUT2D eigenvalue weighted by Gasteiger charge is -2.21. The Labute approximate surface area is 84.6 Å². The maximum absolute atomic E-state index is 11.7. The van der Waals surface area contributed by atoms with E-state index >= 15 is 0 Å². The fourth-order valence-corrected chi connectivity index (χ4v) is 1.29. The van der Waals surface area contributed by atoms with Gasteiger partial charge >= 0.3 is 0 Å². The third kappa shape index (κ3) is 3.24. The van der Waals surface area contributed by atoms with Crippen molar-refractivity contribution in [2.45, 2.75) is 26.7 Å². The lowest BCUT2D eigenvalue weighted by Crippen LogP contribution is -2.40. The summed E-state index contributed by atoms with van der Waals surface area (Å²) >= 11 is 0. The molecule has 1 atom stereocenters. The minimum Gasteiger partial charge on any atom is -0.409 e. The lowest BCUT2D eigenvalue weighted by molar-refractivity contribution is -0.132. The molecule has 1 amide bonds. The Bertz CT molecular complexity index is 216. The molecule has 3 N–H and O–H groups in total. The summed E-state index contributed by atoms with van der Waals surface area (Å²) in [7, 11) is 1.72. The van der Waals surface area contributed by atoms with Crippen molar-refractivity contribution in [3.63, 3.8) is 0 Å². The van der Waals surface area contributed by atoms with Crippen LogP contribution in [0.3, 0.4) is 0 Å². The monoisotopic (exact) mass is 201 g/mol. The van der Waals surface area contributed by atoms with E-state index in [4.69, 9.17) is 10.9 Å². The number of hydrogen-bond donors (Lipinski definition) is 2. The smallest absolute Gasteiger partial charge is 0.233 e. The van der Waals surface area contributed by atoms with E-state index in [0.29, 0.717) is 13.0 Å². The maximum atomic E-state index is 11.7. The van der Waals surface area contributed by atoms with Crippen LogP contribution < -0.4 is 5.73 Å². The topological polar surface area (TPSA) is 78.9 Å². The number of amides is 1. The molecule has 0 aliphatic carbocycles. The number of hydrogen-bond acceptors (Lipinski definition) is 3. The van der Waals surface area contributed by atoms with Crippen molar-refractivity contribution in [2.75, 3.05) is 13.6 Å². The molecule has 0 fully saturated rings. The van der Waals surface area contributed by atoms with E-state index in [2.05, 4.69) is 5.16 Å². The Balaban J connectivity index is 4.46. The highest BCUT2D eigenvalue weighted by atomic mass is 16.4. The highest BCUT2D eigenvalue weighted by Gasteiger charge is 2.23. The first-order valence-electron chi connectivity index (χ1n) is 4.80. The van der Waals surface area contributed by atoms with E-state index in [1.54, 1.807) is 11.9 Å². The quantitative estimate of drug-likeness (QED) is 0.296. The second kappa shape index (κ2) is 6.23. The van der Waals surface area contributed by atoms with Gasteiger partial charge in [0, 0.05) is 13.6 Å². The van der Waals surface area contributed by atoms with Crippen molar-refractivity contribution < 1.29 is 10.0 Å². The Kier molecular flexibility index (Phi) is 5.67. The van der Waals surface area contributed by atoms with Gasteiger partial charge in [-0.05, 0) is 12.8 Å². The first-order valence-corrected chi connectivity index (χ1v) is 4.80. The molecule has 0 saturated heterocycles. The van der Waals surface area contributed by atoms with Crippen molar-refractivity contribution in [3.8, 4) is 0 Å². The number of nitrogens with zero attached hydrogens (tertiary/aromatic N) is 2. The molecule has 0 bridgehead atoms. The van der Waals surface area contributed by atoms with Crippen molar-refractivity contribution in [1.29, 1.82) is 0 Å². The molecule has 0 rings (SSSR count). The molecular weight excluding hydrogens is 182 g/mol. The van der Waals surface area contributed by atoms with E-state index in [1.165, 1.54) is 0 Å². The molecule has 0 aromatic carbocycles. The summed E-state index contributed by atoms with van der Waals surface area (Å²) in [6.07, 6.45) is 1.44. The Hall–Kier alpha value is -1.26. The van der Waals surface area contributed by atoms with Crippen LogP contribution in [0.4, 0.5) is 0 Å². The summed E-state index contributed by atoms with van der Waals surface area (Å²) in [5.41, 5.74) is 5.42. The predicted octanol–water partition coefficient (Wildman–Crippen LogP) is 0.627. The van der Waals surface area contributed by atoms with Gasteiger partial charge in [0.05, 0.1) is 5.92 Å². The molecule has 0 radical (unpaired) electrons. The van der Waals surface area contributed by atoms with Crippen LogP contribution in [0, 0.1) is 5.92 Å². The molecule has 0 spiro atoms. The normalized spacial score (nSPS) is 13.8. The molecule has 5 nitrogen and oxygen atoms in total. The largest absolute Gasteiger partial charge is 0.409 e. The molecular formula is C9H19N3O2. The van der Waals surface area contributed by atoms with Gasteiger partial charge in [0.1, 0.15) is 0 Å². The van der Waals surface area contributed by atoms with Crippen LogP contribution in [0.5, 0.6) is 0 Å². The Morgan fingerprint density at radius 1 is 1.57 bits per heavy atom. The first-order chi connectivity index (χ1) is 6.58. The second-order valence-electron chi connectivity index (χ2n) is 3.25. The van der Waals surface area contributed by atoms with Crippen molar-refractivity contribution in [3.05, 3.63) is 0 Å². The van der Waals surface area contributed by atoms with Gasteiger partial charge in [0.2, 0.25) is 5.91 Å². The molecule has 14 heavy (non-hydrogen) atoms. The van der Waals surface area contributed by atoms with Crippen LogP contribution in [-0.4, -0.2) is 35.4 Å². The number of rotatable bonds is 5. The van der Waals surface area contributed by atoms with Gasteiger partial charge in [0.25, 0.3) is 0 Å². The number of nitrogens with two attached hydrogens (primary N) is 1. The third-order valence-electron chi connectivity index (χ3n) is 2.11. The van der Waals surface area contributed by atoms with E-state index in [1.807, 2.05) is 13.8 Å². The van der Waals surface area contributed by atoms with Gasteiger partial charge in [-0.2, -0.15) is 0 Å². The zero-order chi connectivity index (χ0) is 11.1. The summed E-state index contributed by atoms with van der Waals surface area (Å²) in [6.45, 7) is 4.52. The van der Waals surface area contributed by atoms with Gasteiger partial charge in [0.15, 0.2) is 5.84 Å². The second-order valence-corrected chi connectivity index (χ2v) is 3.25. The lowest BCUT2D eigenvalue weighted by atomic mass is 10.0. The Morgan fingerprint density at radius 2 is 2.14 bits per heavy atom. The highest BCUT2D eigenvalue weighted by molar-refractivity contribution is 6.01. The van der Waals surface area contributed by atoms with E-state index in [0.717, 1.165) is 6.42 Å². The van der Waals surface area contributed by atoms with Crippen LogP contribution in [0.2, 0.25) is 0 Å². The highest BCUT2D eigenvalue weighted by Crippen LogP contribution is 2.07. The van der Waals surface area contributed by atoms with Crippen molar-refractivity contribution >= 4 is 11.7 Å². The number of oxime groups is 1. The van der Waals surface area contributed by atoms with Crippen molar-refractivity contribution in [2.24, 2.45) is 16.8 Å². The standard InChI is InChI=1S/C9H19N3O2/c1-4-6-12(3)9(13)7(5-2)8(10)11-14/h7,14H,4-6H2,1-3H3,(H2,10,11). The molecule has 5 heteroatoms. The number of amidine groups is 1. The summed E-state index contributed by atoms with van der Waals surface area (Å²) in [4.78, 5) is 13.3. The molecule has 0 aliphatic rings. The Morgan fingerprint density at radius 3 is 2.50 bits per heavy atom. The zero-order valence-electron chi connectivity index (χ0n) is 9.03. The summed E-state index contributed by atoms with van der Waals surface area (Å²) in [5, 5.41) is 11.4. The SMILES string of the molecule is CCCN(C)C(=O)C(CC)C(N)=NO. The van der Waals surface area contributed by atoms with Crippen LogP contribution in [-0.2, 0) is 4.79 Å². The first kappa shape index (κ1) is 12.7. The number of carbonyl (C=O) groups is 1. The van der Waals surface area contributed by atoms with E-state index in [-0.39, 0.29) is 11.7 Å². The fourth-order valence-electron chi connectivity index (χ4n) is 1.29. The molecule has 0 heterocycles. The summed E-state index contributed by atoms with van der Waals surface area (Å²) in [5.74, 6) is -0.610. The third-order valence-corrected chi connectivity index (χ3v) is 2.11. The molecule has 0 aromatic rings. The molecule has 82 valence electrons. The average molecular weight is 201 g/mol. The molecule has 0 aromatic heterocycles. The van der Waals surface area contributed by atoms with Crippen LogP contribution in [0.25, 0.3) is 0 Å². The predicted molar refractivity (Wildman–Crippen MR) is 55.1 cm³/mol. The van der Waals surface area contributed by atoms with E-state index < -0.39 is 5.92 Å². The average Bonchev–Trinajstić information content (AvgIpc) is 2.18. The number of carbonyl (C=O) groups excluding carboxylic acids is 1. The summed E-state index contributed by atoms with van der Waals surface area (Å²) < 4.78 is 0. The van der Waals surface area contributed by atoms with Gasteiger partial charge in [-0.15, -0.1) is 0 Å². The van der Waals surface area contributed by atoms with Crippen molar-refractivity contribution in [1.82, 2.24) is 4.90 Å². The van der Waals surface area contributed by atoms with Crippen LogP contribution >= 0.6 is 0 Å². The molecule has 1 unspecified atom stereocenters. The van der Waals surface area contributed by atoms with Gasteiger partial charge in [-0.25, -0.2) is 0 Å². The summed E-state index contributed by atoms with van der Waals surface area (Å²) in [6, 6.07) is 0. The van der Waals surface area contributed by atoms with Gasteiger partial charge in [-0.1, -0.05) is 19.0 Å². The van der Waals surface area contributed by atoms with Crippen LogP contribution in [0.1, 0.15) is 26.7 Å². The molecule has 0 saturated carbocycles. The minimum absolute atomic E-state index is 0.0135. The van der Waals surface area contributed by atoms with E-state index in [9.17, 15) is 4.79 Å². The van der Waals surface area contributed by atoms with Gasteiger partial charge < -0.3 is 15.8 Å². The van der Waals surface area contributed by atoms with Gasteiger partial charge in [-0.3, -0.25) is 4.79 Å².